The second-order valence-electron chi connectivity index (χ2n) is 6.14. The number of hydrogen-bond acceptors (Lipinski definition) is 3. The minimum atomic E-state index is 0.539. The lowest BCUT2D eigenvalue weighted by Gasteiger charge is -2.08. The van der Waals surface area contributed by atoms with Crippen molar-refractivity contribution in [3.8, 4) is 0 Å². The number of aryl methyl sites for hydroxylation is 2. The van der Waals surface area contributed by atoms with Gasteiger partial charge in [-0.2, -0.15) is 0 Å². The van der Waals surface area contributed by atoms with Crippen molar-refractivity contribution in [1.29, 1.82) is 0 Å². The van der Waals surface area contributed by atoms with Crippen LogP contribution in [0.15, 0.2) is 4.99 Å². The van der Waals surface area contributed by atoms with Gasteiger partial charge in [0.05, 0.1) is 0 Å². The molecule has 6 heteroatoms. The van der Waals surface area contributed by atoms with Gasteiger partial charge in [-0.25, -0.2) is 0 Å². The van der Waals surface area contributed by atoms with Crippen molar-refractivity contribution in [2.24, 2.45) is 16.6 Å². The summed E-state index contributed by atoms with van der Waals surface area (Å²) in [6.07, 6.45) is 6.79. The molecule has 2 rings (SSSR count). The van der Waals surface area contributed by atoms with E-state index in [1.807, 2.05) is 0 Å². The molecule has 1 aliphatic rings. The summed E-state index contributed by atoms with van der Waals surface area (Å²) in [4.78, 5) is 4.29. The van der Waals surface area contributed by atoms with Crippen LogP contribution in [-0.4, -0.2) is 33.8 Å². The number of fused-ring (bicyclic) bond motifs is 1. The Morgan fingerprint density at radius 3 is 3.00 bits per heavy atom. The maximum absolute atomic E-state index is 5.82. The van der Waals surface area contributed by atoms with Crippen LogP contribution in [0, 0.1) is 5.92 Å². The minimum absolute atomic E-state index is 0.539. The first-order valence-corrected chi connectivity index (χ1v) is 8.11. The second kappa shape index (κ2) is 8.00. The van der Waals surface area contributed by atoms with Gasteiger partial charge in [0, 0.05) is 32.5 Å². The van der Waals surface area contributed by atoms with Gasteiger partial charge < -0.3 is 15.6 Å². The topological polar surface area (TPSA) is 81.1 Å². The van der Waals surface area contributed by atoms with E-state index in [0.717, 1.165) is 50.5 Å². The Morgan fingerprint density at radius 2 is 2.19 bits per heavy atom. The molecule has 0 aromatic carbocycles. The van der Waals surface area contributed by atoms with E-state index in [1.54, 1.807) is 0 Å². The van der Waals surface area contributed by atoms with Crippen LogP contribution >= 0.6 is 0 Å². The molecule has 0 aliphatic carbocycles. The van der Waals surface area contributed by atoms with E-state index in [1.165, 1.54) is 19.3 Å². The molecule has 0 fully saturated rings. The summed E-state index contributed by atoms with van der Waals surface area (Å²) in [5, 5.41) is 11.8. The molecule has 0 amide bonds. The Morgan fingerprint density at radius 1 is 1.33 bits per heavy atom. The fourth-order valence-electron chi connectivity index (χ4n) is 2.53. The quantitative estimate of drug-likeness (QED) is 0.473. The molecule has 0 saturated carbocycles. The molecule has 1 aromatic rings. The van der Waals surface area contributed by atoms with Crippen molar-refractivity contribution in [2.45, 2.75) is 58.9 Å². The molecule has 3 N–H and O–H groups in total. The summed E-state index contributed by atoms with van der Waals surface area (Å²) in [7, 11) is 0. The third-order valence-corrected chi connectivity index (χ3v) is 3.70. The van der Waals surface area contributed by atoms with Gasteiger partial charge in [0.2, 0.25) is 0 Å². The van der Waals surface area contributed by atoms with Crippen LogP contribution in [-0.2, 0) is 19.4 Å². The van der Waals surface area contributed by atoms with Crippen LogP contribution in [0.5, 0.6) is 0 Å². The predicted octanol–water partition coefficient (Wildman–Crippen LogP) is 1.50. The molecule has 0 saturated heterocycles. The summed E-state index contributed by atoms with van der Waals surface area (Å²) < 4.78 is 2.31. The zero-order valence-electron chi connectivity index (χ0n) is 13.3. The monoisotopic (exact) mass is 292 g/mol. The molecule has 1 aliphatic heterocycles. The van der Waals surface area contributed by atoms with Crippen LogP contribution in [0.1, 0.15) is 51.2 Å². The lowest BCUT2D eigenvalue weighted by atomic mass is 10.2. The molecular formula is C15H28N6. The zero-order valence-corrected chi connectivity index (χ0v) is 13.3. The highest BCUT2D eigenvalue weighted by atomic mass is 15.3. The van der Waals surface area contributed by atoms with Crippen LogP contribution in [0.4, 0.5) is 0 Å². The van der Waals surface area contributed by atoms with E-state index in [0.29, 0.717) is 11.9 Å². The van der Waals surface area contributed by atoms with E-state index >= 15 is 0 Å². The highest BCUT2D eigenvalue weighted by molar-refractivity contribution is 5.77. The number of rotatable bonds is 6. The second-order valence-corrected chi connectivity index (χ2v) is 6.14. The van der Waals surface area contributed by atoms with E-state index < -0.39 is 0 Å². The number of nitrogens with two attached hydrogens (primary N) is 1. The third-order valence-electron chi connectivity index (χ3n) is 3.70. The van der Waals surface area contributed by atoms with Gasteiger partial charge in [-0.1, -0.05) is 20.3 Å². The number of hydrogen-bond donors (Lipinski definition) is 2. The Balaban J connectivity index is 1.74. The molecule has 1 aromatic heterocycles. The van der Waals surface area contributed by atoms with Crippen LogP contribution in [0.25, 0.3) is 0 Å². The number of guanidine groups is 1. The normalized spacial score (nSPS) is 15.9. The highest BCUT2D eigenvalue weighted by Crippen LogP contribution is 2.15. The largest absolute Gasteiger partial charge is 0.370 e. The maximum Gasteiger partial charge on any atom is 0.188 e. The number of nitrogens with one attached hydrogen (secondary N) is 1. The van der Waals surface area contributed by atoms with E-state index in [9.17, 15) is 0 Å². The third kappa shape index (κ3) is 5.02. The van der Waals surface area contributed by atoms with Crippen molar-refractivity contribution in [2.75, 3.05) is 13.1 Å². The van der Waals surface area contributed by atoms with E-state index in [2.05, 4.69) is 38.9 Å². The number of nitrogens with zero attached hydrogens (tertiary/aromatic N) is 4. The zero-order chi connectivity index (χ0) is 15.1. The molecule has 6 nitrogen and oxygen atoms in total. The van der Waals surface area contributed by atoms with Gasteiger partial charge in [0.25, 0.3) is 0 Å². The lowest BCUT2D eigenvalue weighted by molar-refractivity contribution is 0.594. The average Bonchev–Trinajstić information content (AvgIpc) is 2.69. The van der Waals surface area contributed by atoms with Gasteiger partial charge >= 0.3 is 0 Å². The van der Waals surface area contributed by atoms with Crippen molar-refractivity contribution < 1.29 is 0 Å². The molecule has 0 bridgehead atoms. The molecule has 118 valence electrons. The van der Waals surface area contributed by atoms with Crippen LogP contribution < -0.4 is 11.1 Å². The van der Waals surface area contributed by atoms with E-state index in [4.69, 9.17) is 5.73 Å². The number of aliphatic imine (C=N–C) groups is 1. The smallest absolute Gasteiger partial charge is 0.188 e. The Labute approximate surface area is 127 Å². The summed E-state index contributed by atoms with van der Waals surface area (Å²) >= 11 is 0. The maximum atomic E-state index is 5.82. The summed E-state index contributed by atoms with van der Waals surface area (Å²) in [5.74, 6) is 3.36. The Bertz CT molecular complexity index is 463. The summed E-state index contributed by atoms with van der Waals surface area (Å²) in [6.45, 7) is 6.94. The lowest BCUT2D eigenvalue weighted by Crippen LogP contribution is -2.33. The number of aromatic nitrogens is 3. The first kappa shape index (κ1) is 15.8. The van der Waals surface area contributed by atoms with Gasteiger partial charge in [-0.3, -0.25) is 4.99 Å². The van der Waals surface area contributed by atoms with Crippen molar-refractivity contribution in [1.82, 2.24) is 20.1 Å². The van der Waals surface area contributed by atoms with Crippen molar-refractivity contribution in [3.05, 3.63) is 11.6 Å². The molecular weight excluding hydrogens is 264 g/mol. The van der Waals surface area contributed by atoms with Crippen molar-refractivity contribution in [3.63, 3.8) is 0 Å². The molecule has 0 radical (unpaired) electrons. The predicted molar refractivity (Wildman–Crippen MR) is 85.2 cm³/mol. The summed E-state index contributed by atoms with van der Waals surface area (Å²) in [5.41, 5.74) is 5.82. The molecule has 0 atom stereocenters. The minimum Gasteiger partial charge on any atom is -0.370 e. The molecule has 2 heterocycles. The van der Waals surface area contributed by atoms with Gasteiger partial charge in [-0.05, 0) is 25.2 Å². The van der Waals surface area contributed by atoms with Crippen LogP contribution in [0.2, 0.25) is 0 Å². The Kier molecular flexibility index (Phi) is 6.02. The summed E-state index contributed by atoms with van der Waals surface area (Å²) in [6, 6.07) is 0. The van der Waals surface area contributed by atoms with Gasteiger partial charge in [0.1, 0.15) is 11.6 Å². The first-order valence-electron chi connectivity index (χ1n) is 8.11. The van der Waals surface area contributed by atoms with Gasteiger partial charge in [0.15, 0.2) is 5.96 Å². The highest BCUT2D eigenvalue weighted by Gasteiger charge is 2.13. The molecule has 0 spiro atoms. The molecule has 0 unspecified atom stereocenters. The molecule has 21 heavy (non-hydrogen) atoms. The van der Waals surface area contributed by atoms with Crippen LogP contribution in [0.3, 0.4) is 0 Å². The average molecular weight is 292 g/mol. The standard InChI is InChI=1S/C15H28N6/c1-12(2)11-18-15(16)17-9-6-8-14-20-19-13-7-4-3-5-10-21(13)14/h12H,3-11H2,1-2H3,(H3,16,17,18). The van der Waals surface area contributed by atoms with Gasteiger partial charge in [-0.15, -0.1) is 10.2 Å². The SMILES string of the molecule is CC(C)CN=C(N)NCCCc1nnc2n1CCCCC2. The van der Waals surface area contributed by atoms with E-state index in [-0.39, 0.29) is 0 Å². The Hall–Kier alpha value is -1.59. The first-order chi connectivity index (χ1) is 10.2. The fourth-order valence-corrected chi connectivity index (χ4v) is 2.53. The fraction of sp³-hybridized carbons (Fsp3) is 0.800. The van der Waals surface area contributed by atoms with Crippen molar-refractivity contribution >= 4 is 5.96 Å².